The first-order valence-electron chi connectivity index (χ1n) is 7.55. The van der Waals surface area contributed by atoms with Gasteiger partial charge < -0.3 is 10.2 Å². The van der Waals surface area contributed by atoms with Gasteiger partial charge in [-0.05, 0) is 31.1 Å². The molecule has 0 aromatic heterocycles. The van der Waals surface area contributed by atoms with Gasteiger partial charge in [-0.3, -0.25) is 4.79 Å². The highest BCUT2D eigenvalue weighted by molar-refractivity contribution is 5.82. The summed E-state index contributed by atoms with van der Waals surface area (Å²) < 4.78 is 0. The van der Waals surface area contributed by atoms with Gasteiger partial charge in [0, 0.05) is 19.1 Å². The van der Waals surface area contributed by atoms with Gasteiger partial charge in [-0.2, -0.15) is 0 Å². The van der Waals surface area contributed by atoms with E-state index in [0.29, 0.717) is 17.4 Å². The molecule has 1 aliphatic heterocycles. The number of hydrogen-bond donors (Lipinski definition) is 1. The van der Waals surface area contributed by atoms with Gasteiger partial charge in [0.15, 0.2) is 0 Å². The summed E-state index contributed by atoms with van der Waals surface area (Å²) in [5.41, 5.74) is 0.384. The van der Waals surface area contributed by atoms with E-state index in [2.05, 4.69) is 31.0 Å². The highest BCUT2D eigenvalue weighted by Crippen LogP contribution is 2.38. The lowest BCUT2D eigenvalue weighted by molar-refractivity contribution is -0.137. The molecule has 1 unspecified atom stereocenters. The second-order valence-electron chi connectivity index (χ2n) is 6.79. The van der Waals surface area contributed by atoms with Gasteiger partial charge >= 0.3 is 0 Å². The van der Waals surface area contributed by atoms with Crippen molar-refractivity contribution in [1.82, 2.24) is 10.2 Å². The first-order chi connectivity index (χ1) is 8.50. The first-order valence-corrected chi connectivity index (χ1v) is 7.55. The van der Waals surface area contributed by atoms with E-state index >= 15 is 0 Å². The first kappa shape index (κ1) is 13.9. The molecular formula is C15H28N2O. The SMILES string of the molecule is CC(C)NC1CCCN(CC2(C)CCCC2)C1=O. The highest BCUT2D eigenvalue weighted by atomic mass is 16.2. The summed E-state index contributed by atoms with van der Waals surface area (Å²) in [6.45, 7) is 8.52. The molecule has 0 aromatic rings. The number of hydrogen-bond acceptors (Lipinski definition) is 2. The van der Waals surface area contributed by atoms with Gasteiger partial charge in [0.05, 0.1) is 6.04 Å². The van der Waals surface area contributed by atoms with Crippen molar-refractivity contribution in [2.24, 2.45) is 5.41 Å². The number of rotatable bonds is 4. The van der Waals surface area contributed by atoms with E-state index in [1.165, 1.54) is 25.7 Å². The molecule has 3 nitrogen and oxygen atoms in total. The monoisotopic (exact) mass is 252 g/mol. The minimum atomic E-state index is 0.0590. The van der Waals surface area contributed by atoms with Crippen molar-refractivity contribution in [2.75, 3.05) is 13.1 Å². The van der Waals surface area contributed by atoms with Crippen LogP contribution >= 0.6 is 0 Å². The standard InChI is InChI=1S/C15H28N2O/c1-12(2)16-13-7-6-10-17(14(13)18)11-15(3)8-4-5-9-15/h12-13,16H,4-11H2,1-3H3. The molecule has 0 aromatic carbocycles. The van der Waals surface area contributed by atoms with E-state index in [1.54, 1.807) is 0 Å². The lowest BCUT2D eigenvalue weighted by atomic mass is 9.87. The number of piperidine rings is 1. The summed E-state index contributed by atoms with van der Waals surface area (Å²) in [5.74, 6) is 0.336. The number of nitrogens with zero attached hydrogens (tertiary/aromatic N) is 1. The van der Waals surface area contributed by atoms with Crippen LogP contribution in [0.5, 0.6) is 0 Å². The second kappa shape index (κ2) is 5.60. The fourth-order valence-corrected chi connectivity index (χ4v) is 3.50. The fraction of sp³-hybridized carbons (Fsp3) is 0.933. The van der Waals surface area contributed by atoms with Gasteiger partial charge in [0.25, 0.3) is 0 Å². The van der Waals surface area contributed by atoms with E-state index in [0.717, 1.165) is 25.9 Å². The van der Waals surface area contributed by atoms with E-state index < -0.39 is 0 Å². The zero-order valence-corrected chi connectivity index (χ0v) is 12.2. The number of carbonyl (C=O) groups is 1. The number of amides is 1. The Kier molecular flexibility index (Phi) is 4.31. The molecule has 1 heterocycles. The molecule has 2 aliphatic rings. The Morgan fingerprint density at radius 3 is 2.61 bits per heavy atom. The Bertz CT molecular complexity index is 295. The lowest BCUT2D eigenvalue weighted by Gasteiger charge is -2.38. The van der Waals surface area contributed by atoms with Crippen molar-refractivity contribution in [3.63, 3.8) is 0 Å². The maximum atomic E-state index is 12.5. The molecule has 104 valence electrons. The molecular weight excluding hydrogens is 224 g/mol. The van der Waals surface area contributed by atoms with Crippen LogP contribution in [0, 0.1) is 5.41 Å². The van der Waals surface area contributed by atoms with Crippen LogP contribution in [0.1, 0.15) is 59.3 Å². The Labute approximate surface area is 111 Å². The molecule has 1 saturated heterocycles. The molecule has 18 heavy (non-hydrogen) atoms. The Balaban J connectivity index is 1.93. The van der Waals surface area contributed by atoms with Crippen LogP contribution in [0.2, 0.25) is 0 Å². The fourth-order valence-electron chi connectivity index (χ4n) is 3.50. The lowest BCUT2D eigenvalue weighted by Crippen LogP contribution is -2.54. The largest absolute Gasteiger partial charge is 0.341 e. The zero-order chi connectivity index (χ0) is 13.2. The van der Waals surface area contributed by atoms with Gasteiger partial charge in [-0.15, -0.1) is 0 Å². The third kappa shape index (κ3) is 3.25. The molecule has 1 atom stereocenters. The third-order valence-electron chi connectivity index (χ3n) is 4.45. The van der Waals surface area contributed by atoms with Gasteiger partial charge in [-0.25, -0.2) is 0 Å². The van der Waals surface area contributed by atoms with Crippen LogP contribution in [0.3, 0.4) is 0 Å². The van der Waals surface area contributed by atoms with E-state index in [1.807, 2.05) is 0 Å². The number of likely N-dealkylation sites (tertiary alicyclic amines) is 1. The number of nitrogens with one attached hydrogen (secondary N) is 1. The molecule has 0 radical (unpaired) electrons. The van der Waals surface area contributed by atoms with E-state index in [-0.39, 0.29) is 6.04 Å². The minimum absolute atomic E-state index is 0.0590. The van der Waals surface area contributed by atoms with Crippen molar-refractivity contribution < 1.29 is 4.79 Å². The molecule has 1 saturated carbocycles. The van der Waals surface area contributed by atoms with Crippen LogP contribution in [-0.4, -0.2) is 36.0 Å². The average molecular weight is 252 g/mol. The Hall–Kier alpha value is -0.570. The third-order valence-corrected chi connectivity index (χ3v) is 4.45. The molecule has 2 rings (SSSR count). The smallest absolute Gasteiger partial charge is 0.239 e. The molecule has 0 bridgehead atoms. The maximum Gasteiger partial charge on any atom is 0.239 e. The van der Waals surface area contributed by atoms with Crippen LogP contribution in [-0.2, 0) is 4.79 Å². The Morgan fingerprint density at radius 2 is 2.00 bits per heavy atom. The second-order valence-corrected chi connectivity index (χ2v) is 6.79. The molecule has 3 heteroatoms. The molecule has 1 amide bonds. The van der Waals surface area contributed by atoms with Crippen molar-refractivity contribution in [2.45, 2.75) is 71.4 Å². The summed E-state index contributed by atoms with van der Waals surface area (Å²) in [5, 5.41) is 3.41. The topological polar surface area (TPSA) is 32.3 Å². The summed E-state index contributed by atoms with van der Waals surface area (Å²) in [6, 6.07) is 0.449. The highest BCUT2D eigenvalue weighted by Gasteiger charge is 2.36. The number of carbonyl (C=O) groups excluding carboxylic acids is 1. The predicted octanol–water partition coefficient (Wildman–Crippen LogP) is 2.56. The van der Waals surface area contributed by atoms with Gasteiger partial charge in [0.2, 0.25) is 5.91 Å². The molecule has 0 spiro atoms. The summed E-state index contributed by atoms with van der Waals surface area (Å²) in [6.07, 6.45) is 7.41. The molecule has 1 N–H and O–H groups in total. The average Bonchev–Trinajstić information content (AvgIpc) is 2.70. The maximum absolute atomic E-state index is 12.5. The van der Waals surface area contributed by atoms with E-state index in [9.17, 15) is 4.79 Å². The van der Waals surface area contributed by atoms with Crippen molar-refractivity contribution in [1.29, 1.82) is 0 Å². The van der Waals surface area contributed by atoms with E-state index in [4.69, 9.17) is 0 Å². The minimum Gasteiger partial charge on any atom is -0.341 e. The normalized spacial score (nSPS) is 28.1. The zero-order valence-electron chi connectivity index (χ0n) is 12.2. The Morgan fingerprint density at radius 1 is 1.33 bits per heavy atom. The molecule has 2 fully saturated rings. The van der Waals surface area contributed by atoms with Crippen LogP contribution in [0.15, 0.2) is 0 Å². The van der Waals surface area contributed by atoms with Gasteiger partial charge in [0.1, 0.15) is 0 Å². The van der Waals surface area contributed by atoms with Crippen LogP contribution in [0.4, 0.5) is 0 Å². The quantitative estimate of drug-likeness (QED) is 0.834. The predicted molar refractivity (Wildman–Crippen MR) is 74.4 cm³/mol. The van der Waals surface area contributed by atoms with Gasteiger partial charge in [-0.1, -0.05) is 33.6 Å². The van der Waals surface area contributed by atoms with Crippen molar-refractivity contribution in [3.8, 4) is 0 Å². The van der Waals surface area contributed by atoms with Crippen LogP contribution < -0.4 is 5.32 Å². The van der Waals surface area contributed by atoms with Crippen LogP contribution in [0.25, 0.3) is 0 Å². The summed E-state index contributed by atoms with van der Waals surface area (Å²) in [7, 11) is 0. The molecule has 1 aliphatic carbocycles. The summed E-state index contributed by atoms with van der Waals surface area (Å²) in [4.78, 5) is 14.6. The van der Waals surface area contributed by atoms with Crippen molar-refractivity contribution >= 4 is 5.91 Å². The summed E-state index contributed by atoms with van der Waals surface area (Å²) >= 11 is 0. The van der Waals surface area contributed by atoms with Crippen molar-refractivity contribution in [3.05, 3.63) is 0 Å².